The van der Waals surface area contributed by atoms with Crippen LogP contribution in [0, 0.1) is 0 Å². The summed E-state index contributed by atoms with van der Waals surface area (Å²) in [4.78, 5) is 43.3. The molecule has 7 nitrogen and oxygen atoms in total. The fraction of sp³-hybridized carbons (Fsp3) is 0.450. The van der Waals surface area contributed by atoms with E-state index in [1.165, 1.54) is 6.07 Å². The van der Waals surface area contributed by atoms with Gasteiger partial charge in [-0.1, -0.05) is 31.5 Å². The first kappa shape index (κ1) is 19.1. The Bertz CT molecular complexity index is 869. The Kier molecular flexibility index (Phi) is 6.24. The smallest absolute Gasteiger partial charge is 0.254 e. The fourth-order valence-electron chi connectivity index (χ4n) is 3.32. The summed E-state index contributed by atoms with van der Waals surface area (Å²) in [5, 5.41) is 3.67. The van der Waals surface area contributed by atoms with E-state index in [4.69, 9.17) is 0 Å². The zero-order valence-corrected chi connectivity index (χ0v) is 15.7. The number of aromatic amines is 1. The van der Waals surface area contributed by atoms with E-state index >= 15 is 0 Å². The minimum atomic E-state index is -0.278. The molecule has 2 N–H and O–H groups in total. The fourth-order valence-corrected chi connectivity index (χ4v) is 3.32. The van der Waals surface area contributed by atoms with Crippen molar-refractivity contribution < 1.29 is 9.59 Å². The zero-order chi connectivity index (χ0) is 19.2. The van der Waals surface area contributed by atoms with E-state index in [9.17, 15) is 14.4 Å². The molecular formula is C20H26N4O3. The number of hydrogen-bond acceptors (Lipinski definition) is 4. The van der Waals surface area contributed by atoms with Gasteiger partial charge in [0.2, 0.25) is 11.5 Å². The predicted molar refractivity (Wildman–Crippen MR) is 105 cm³/mol. The number of carbonyl (C=O) groups is 2. The third kappa shape index (κ3) is 4.74. The van der Waals surface area contributed by atoms with Crippen molar-refractivity contribution >= 4 is 22.7 Å². The molecule has 2 aromatic rings. The van der Waals surface area contributed by atoms with Crippen molar-refractivity contribution in [3.8, 4) is 0 Å². The van der Waals surface area contributed by atoms with Gasteiger partial charge in [0.05, 0.1) is 12.1 Å². The number of nitrogens with one attached hydrogen (secondary N) is 2. The molecule has 0 spiro atoms. The number of H-pyrrole nitrogens is 1. The molecule has 1 fully saturated rings. The molecule has 0 aliphatic carbocycles. The molecule has 0 atom stereocenters. The summed E-state index contributed by atoms with van der Waals surface area (Å²) in [7, 11) is 0. The summed E-state index contributed by atoms with van der Waals surface area (Å²) >= 11 is 0. The molecule has 1 aliphatic rings. The number of fused-ring (bicyclic) bond motifs is 1. The molecule has 0 radical (unpaired) electrons. The lowest BCUT2D eigenvalue weighted by atomic mass is 10.1. The number of para-hydroxylation sites is 1. The van der Waals surface area contributed by atoms with Gasteiger partial charge in [0.1, 0.15) is 0 Å². The van der Waals surface area contributed by atoms with E-state index in [0.717, 1.165) is 18.2 Å². The van der Waals surface area contributed by atoms with Gasteiger partial charge in [-0.15, -0.1) is 0 Å². The highest BCUT2D eigenvalue weighted by Crippen LogP contribution is 2.17. The Hall–Kier alpha value is -2.67. The Morgan fingerprint density at radius 1 is 1.15 bits per heavy atom. The van der Waals surface area contributed by atoms with Gasteiger partial charge in [0.15, 0.2) is 0 Å². The second kappa shape index (κ2) is 8.81. The van der Waals surface area contributed by atoms with Crippen molar-refractivity contribution in [1.29, 1.82) is 0 Å². The number of carbonyl (C=O) groups excluding carboxylic acids is 2. The number of rotatable bonds is 6. The van der Waals surface area contributed by atoms with Crippen LogP contribution in [0.2, 0.25) is 0 Å². The highest BCUT2D eigenvalue weighted by molar-refractivity contribution is 6.06. The van der Waals surface area contributed by atoms with Crippen LogP contribution in [0.3, 0.4) is 0 Å². The maximum atomic E-state index is 12.9. The summed E-state index contributed by atoms with van der Waals surface area (Å²) in [5.74, 6) is -0.104. The highest BCUT2D eigenvalue weighted by Gasteiger charge is 2.24. The van der Waals surface area contributed by atoms with Gasteiger partial charge in [0, 0.05) is 49.7 Å². The van der Waals surface area contributed by atoms with Gasteiger partial charge in [-0.3, -0.25) is 19.3 Å². The topological polar surface area (TPSA) is 85.5 Å². The first-order chi connectivity index (χ1) is 13.1. The normalized spacial score (nSPS) is 15.1. The van der Waals surface area contributed by atoms with Gasteiger partial charge in [-0.05, 0) is 12.5 Å². The average molecular weight is 370 g/mol. The number of amides is 2. The lowest BCUT2D eigenvalue weighted by molar-refractivity contribution is -0.122. The van der Waals surface area contributed by atoms with Crippen LogP contribution in [0.1, 0.15) is 30.1 Å². The monoisotopic (exact) mass is 370 g/mol. The maximum Gasteiger partial charge on any atom is 0.254 e. The zero-order valence-electron chi connectivity index (χ0n) is 15.7. The molecule has 0 unspecified atom stereocenters. The van der Waals surface area contributed by atoms with Gasteiger partial charge < -0.3 is 15.2 Å². The summed E-state index contributed by atoms with van der Waals surface area (Å²) in [5.41, 5.74) is 0.815. The van der Waals surface area contributed by atoms with Crippen LogP contribution < -0.4 is 10.9 Å². The van der Waals surface area contributed by atoms with Gasteiger partial charge in [0.25, 0.3) is 5.91 Å². The van der Waals surface area contributed by atoms with Crippen LogP contribution in [0.5, 0.6) is 0 Å². The lowest BCUT2D eigenvalue weighted by Crippen LogP contribution is -2.51. The third-order valence-corrected chi connectivity index (χ3v) is 4.86. The average Bonchev–Trinajstić information content (AvgIpc) is 2.67. The first-order valence-electron chi connectivity index (χ1n) is 9.49. The SMILES string of the molecule is CCCCNC(=O)CN1CCN(C(=O)c2cc(=O)[nH]c3ccccc23)CC1. The van der Waals surface area contributed by atoms with E-state index < -0.39 is 0 Å². The van der Waals surface area contributed by atoms with Gasteiger partial charge >= 0.3 is 0 Å². The summed E-state index contributed by atoms with van der Waals surface area (Å²) < 4.78 is 0. The van der Waals surface area contributed by atoms with Gasteiger partial charge in [-0.2, -0.15) is 0 Å². The van der Waals surface area contributed by atoms with Crippen molar-refractivity contribution in [2.24, 2.45) is 0 Å². The molecule has 144 valence electrons. The molecule has 1 saturated heterocycles. The number of piperazine rings is 1. The Morgan fingerprint density at radius 2 is 1.89 bits per heavy atom. The van der Waals surface area contributed by atoms with Crippen LogP contribution in [0.25, 0.3) is 10.9 Å². The number of aromatic nitrogens is 1. The van der Waals surface area contributed by atoms with Crippen molar-refractivity contribution in [1.82, 2.24) is 20.1 Å². The van der Waals surface area contributed by atoms with Crippen molar-refractivity contribution in [3.05, 3.63) is 46.2 Å². The standard InChI is InChI=1S/C20H26N4O3/c1-2-3-8-21-19(26)14-23-9-11-24(12-10-23)20(27)16-13-18(25)22-17-7-5-4-6-15(16)17/h4-7,13H,2-3,8-12,14H2,1H3,(H,21,26)(H,22,25). The molecular weight excluding hydrogens is 344 g/mol. The molecule has 1 aliphatic heterocycles. The molecule has 0 saturated carbocycles. The van der Waals surface area contributed by atoms with Crippen molar-refractivity contribution in [2.45, 2.75) is 19.8 Å². The van der Waals surface area contributed by atoms with E-state index in [1.54, 1.807) is 11.0 Å². The molecule has 3 rings (SSSR count). The van der Waals surface area contributed by atoms with E-state index in [2.05, 4.69) is 22.1 Å². The quantitative estimate of drug-likeness (QED) is 0.749. The van der Waals surface area contributed by atoms with Crippen molar-refractivity contribution in [3.63, 3.8) is 0 Å². The lowest BCUT2D eigenvalue weighted by Gasteiger charge is -2.34. The summed E-state index contributed by atoms with van der Waals surface area (Å²) in [6, 6.07) is 8.69. The predicted octanol–water partition coefficient (Wildman–Crippen LogP) is 1.20. The van der Waals surface area contributed by atoms with Crippen molar-refractivity contribution in [2.75, 3.05) is 39.3 Å². The molecule has 7 heteroatoms. The van der Waals surface area contributed by atoms with Crippen LogP contribution in [0.4, 0.5) is 0 Å². The second-order valence-electron chi connectivity index (χ2n) is 6.86. The Morgan fingerprint density at radius 3 is 2.63 bits per heavy atom. The molecule has 0 bridgehead atoms. The molecule has 2 heterocycles. The second-order valence-corrected chi connectivity index (χ2v) is 6.86. The first-order valence-corrected chi connectivity index (χ1v) is 9.49. The minimum absolute atomic E-state index is 0.0313. The number of hydrogen-bond donors (Lipinski definition) is 2. The Balaban J connectivity index is 1.61. The molecule has 2 amide bonds. The van der Waals surface area contributed by atoms with Crippen LogP contribution in [-0.2, 0) is 4.79 Å². The molecule has 1 aromatic heterocycles. The molecule has 27 heavy (non-hydrogen) atoms. The largest absolute Gasteiger partial charge is 0.355 e. The highest BCUT2D eigenvalue weighted by atomic mass is 16.2. The number of unbranched alkanes of at least 4 members (excludes halogenated alkanes) is 1. The van der Waals surface area contributed by atoms with E-state index in [-0.39, 0.29) is 17.4 Å². The van der Waals surface area contributed by atoms with Gasteiger partial charge in [-0.25, -0.2) is 0 Å². The van der Waals surface area contributed by atoms with Crippen LogP contribution >= 0.6 is 0 Å². The number of benzene rings is 1. The van der Waals surface area contributed by atoms with Crippen LogP contribution in [-0.4, -0.2) is 65.9 Å². The number of nitrogens with zero attached hydrogens (tertiary/aromatic N) is 2. The Labute approximate surface area is 158 Å². The number of pyridine rings is 1. The van der Waals surface area contributed by atoms with E-state index in [0.29, 0.717) is 50.3 Å². The third-order valence-electron chi connectivity index (χ3n) is 4.86. The summed E-state index contributed by atoms with van der Waals surface area (Å²) in [6.07, 6.45) is 2.04. The van der Waals surface area contributed by atoms with E-state index in [1.807, 2.05) is 18.2 Å². The van der Waals surface area contributed by atoms with Crippen LogP contribution in [0.15, 0.2) is 35.1 Å². The minimum Gasteiger partial charge on any atom is -0.355 e. The maximum absolute atomic E-state index is 12.9. The molecule has 1 aromatic carbocycles. The summed E-state index contributed by atoms with van der Waals surface area (Å²) in [6.45, 7) is 5.54.